The second kappa shape index (κ2) is 47.3. The molecule has 8 aromatic carbocycles. The van der Waals surface area contributed by atoms with Crippen molar-refractivity contribution in [2.75, 3.05) is 168 Å². The van der Waals surface area contributed by atoms with Gasteiger partial charge in [-0.1, -0.05) is 48.5 Å². The topological polar surface area (TPSA) is 357 Å². The lowest BCUT2D eigenvalue weighted by Crippen LogP contribution is -2.41. The molecule has 31 nitrogen and oxygen atoms in total. The van der Waals surface area contributed by atoms with Gasteiger partial charge in [0.15, 0.2) is 0 Å². The van der Waals surface area contributed by atoms with Gasteiger partial charge in [-0.25, -0.2) is 63.5 Å². The average molecular weight is 1960 g/mol. The highest BCUT2D eigenvalue weighted by Gasteiger charge is 2.30. The normalized spacial score (nSPS) is 14.6. The number of sulfone groups is 1. The van der Waals surface area contributed by atoms with Crippen LogP contribution in [0.25, 0.3) is 44.1 Å². The number of anilines is 8. The van der Waals surface area contributed by atoms with E-state index in [-0.39, 0.29) is 125 Å². The number of thioether (sulfide) groups is 2. The molecule has 12 aromatic rings. The fourth-order valence-corrected chi connectivity index (χ4v) is 17.4. The molecule has 4 aliphatic heterocycles. The lowest BCUT2D eigenvalue weighted by atomic mass is 10.1. The van der Waals surface area contributed by atoms with Crippen LogP contribution in [0.4, 0.5) is 81.7 Å². The number of rotatable bonds is 33. The predicted octanol–water partition coefficient (Wildman–Crippen LogP) is 15.5. The smallest absolute Gasteiger partial charge is 0.263 e. The SMILES string of the molecule is CS(=O)(=O)CCCn1c(NC(=O)c2cccc(C(F)F)c2)nc2cc(N3CCOCC3=O)ccc21.CS(=O)CCCn1c(NC(=O)c2cccc(C(F)F)c2)nc2cc(N3CCOCC3=O)ccc21.CSCCCCn1c(NC(=O)c2cccc(C(F)F)c2)nc2cc(N3CCOCC3=O)ccc21.CSCCCn1c(NC(=O)c2cccc(C(F)F)c2)nc2cc(N3CCOCC3=O)ccc21. The molecular weight excluding hydrogens is 1860 g/mol. The number of nitrogens with one attached hydrogen (secondary N) is 4. The van der Waals surface area contributed by atoms with E-state index in [9.17, 15) is 86.1 Å². The van der Waals surface area contributed by atoms with E-state index in [0.717, 1.165) is 71.4 Å². The van der Waals surface area contributed by atoms with Crippen molar-refractivity contribution in [2.45, 2.75) is 84.0 Å². The maximum absolute atomic E-state index is 13.1. The number of amides is 8. The van der Waals surface area contributed by atoms with E-state index in [1.54, 1.807) is 88.8 Å². The van der Waals surface area contributed by atoms with Crippen LogP contribution in [-0.2, 0) is 84.9 Å². The Hall–Kier alpha value is -12.5. The molecule has 4 aliphatic rings. The quantitative estimate of drug-likeness (QED) is 0.0219. The van der Waals surface area contributed by atoms with Gasteiger partial charge in [0.05, 0.1) is 76.3 Å². The summed E-state index contributed by atoms with van der Waals surface area (Å²) in [4.78, 5) is 125. The van der Waals surface area contributed by atoms with E-state index in [0.29, 0.717) is 141 Å². The summed E-state index contributed by atoms with van der Waals surface area (Å²) in [5.74, 6) is 0.664. The molecule has 720 valence electrons. The number of carbonyl (C=O) groups is 8. The molecule has 0 radical (unpaired) electrons. The first-order chi connectivity index (χ1) is 65.4. The monoisotopic (exact) mass is 1960 g/mol. The number of nitrogens with zero attached hydrogens (tertiary/aromatic N) is 12. The van der Waals surface area contributed by atoms with Gasteiger partial charge < -0.3 is 56.8 Å². The predicted molar refractivity (Wildman–Crippen MR) is 508 cm³/mol. The molecule has 43 heteroatoms. The number of alkyl halides is 8. The minimum atomic E-state index is -3.20. The maximum atomic E-state index is 13.1. The van der Waals surface area contributed by atoms with Gasteiger partial charge >= 0.3 is 0 Å². The molecule has 1 unspecified atom stereocenters. The average Bonchev–Trinajstić information content (AvgIpc) is 1.64. The number of halogens is 8. The van der Waals surface area contributed by atoms with Crippen molar-refractivity contribution < 1.29 is 105 Å². The van der Waals surface area contributed by atoms with Crippen molar-refractivity contribution in [3.05, 3.63) is 214 Å². The van der Waals surface area contributed by atoms with Gasteiger partial charge in [0.2, 0.25) is 23.8 Å². The number of aromatic nitrogens is 8. The Labute approximate surface area is 787 Å². The van der Waals surface area contributed by atoms with Crippen molar-refractivity contribution in [2.24, 2.45) is 0 Å². The number of benzene rings is 8. The number of ether oxygens (including phenoxy) is 4. The van der Waals surface area contributed by atoms with Crippen molar-refractivity contribution >= 4 is 182 Å². The molecular formula is C93H98F8N16O15S4. The van der Waals surface area contributed by atoms with Gasteiger partial charge in [-0.2, -0.15) is 23.5 Å². The van der Waals surface area contributed by atoms with Crippen LogP contribution in [0.5, 0.6) is 0 Å². The third kappa shape index (κ3) is 26.2. The highest BCUT2D eigenvalue weighted by atomic mass is 32.2. The van der Waals surface area contributed by atoms with Gasteiger partial charge in [-0.3, -0.25) is 63.8 Å². The van der Waals surface area contributed by atoms with Gasteiger partial charge in [0.25, 0.3) is 73.0 Å². The molecule has 0 aliphatic carbocycles. The Bertz CT molecular complexity index is 6500. The second-order valence-electron chi connectivity index (χ2n) is 31.6. The fraction of sp³-hybridized carbons (Fsp3) is 0.355. The van der Waals surface area contributed by atoms with Crippen molar-refractivity contribution in [1.82, 2.24) is 38.2 Å². The molecule has 8 amide bonds. The minimum Gasteiger partial charge on any atom is -0.370 e. The molecule has 0 bridgehead atoms. The highest BCUT2D eigenvalue weighted by Crippen LogP contribution is 2.35. The van der Waals surface area contributed by atoms with Crippen LogP contribution in [-0.4, -0.2) is 225 Å². The third-order valence-electron chi connectivity index (χ3n) is 22.0. The summed E-state index contributed by atoms with van der Waals surface area (Å²) < 4.78 is 167. The molecule has 136 heavy (non-hydrogen) atoms. The number of carbonyl (C=O) groups excluding carboxylic acids is 8. The first-order valence-electron chi connectivity index (χ1n) is 43.2. The van der Waals surface area contributed by atoms with E-state index < -0.39 is 70.0 Å². The summed E-state index contributed by atoms with van der Waals surface area (Å²) in [6.07, 6.45) is -0.260. The van der Waals surface area contributed by atoms with E-state index in [1.807, 2.05) is 57.9 Å². The maximum Gasteiger partial charge on any atom is 0.263 e. The van der Waals surface area contributed by atoms with Crippen LogP contribution < -0.4 is 40.9 Å². The Morgan fingerprint density at radius 3 is 0.904 bits per heavy atom. The molecule has 4 aromatic heterocycles. The van der Waals surface area contributed by atoms with E-state index in [2.05, 4.69) is 47.5 Å². The first kappa shape index (κ1) is 101. The fourth-order valence-electron chi connectivity index (χ4n) is 15.3. The van der Waals surface area contributed by atoms with Crippen LogP contribution >= 0.6 is 23.5 Å². The zero-order valence-corrected chi connectivity index (χ0v) is 77.6. The molecule has 4 N–H and O–H groups in total. The lowest BCUT2D eigenvalue weighted by Gasteiger charge is -2.26. The summed E-state index contributed by atoms with van der Waals surface area (Å²) >= 11 is 3.50. The van der Waals surface area contributed by atoms with E-state index in [1.165, 1.54) is 84.9 Å². The van der Waals surface area contributed by atoms with Crippen LogP contribution in [0.3, 0.4) is 0 Å². The van der Waals surface area contributed by atoms with E-state index >= 15 is 0 Å². The Morgan fingerprint density at radius 1 is 0.382 bits per heavy atom. The molecule has 0 spiro atoms. The summed E-state index contributed by atoms with van der Waals surface area (Å²) in [5, 5.41) is 10.9. The summed E-state index contributed by atoms with van der Waals surface area (Å²) in [6, 6.07) is 42.9. The third-order valence-corrected chi connectivity index (χ3v) is 25.3. The number of morpholine rings is 4. The van der Waals surface area contributed by atoms with Gasteiger partial charge in [0.1, 0.15) is 36.3 Å². The van der Waals surface area contributed by atoms with Gasteiger partial charge in [-0.15, -0.1) is 0 Å². The molecule has 4 saturated heterocycles. The standard InChI is InChI=1S/C24H26F2N4O3S.C23H24F2N4O5S.C23H24F2N4O4S.C23H24F2N4O3S/c1-34-12-3-2-9-30-20-8-7-18(29-10-11-33-15-21(29)31)14-19(20)27-24(30)28-23(32)17-6-4-5-16(13-17)22(25)26;1-35(32,33)11-3-8-29-19-7-6-17(28-9-10-34-14-20(28)30)13-18(19)26-23(29)27-22(31)16-5-2-4-15(12-16)21(24)25;1-34(32)11-3-8-29-19-7-6-17(28-9-10-33-14-20(28)30)13-18(19)26-23(29)27-22(31)16-5-2-4-15(12-16)21(24)25;1-33-11-3-8-29-19-7-6-17(28-9-10-32-14-20(28)30)13-18(19)26-23(29)27-22(31)16-5-2-4-15(12-16)21(24)25/h4-8,13-14,22H,2-3,9-12,15H2,1H3,(H,27,28,32);2,4-7,12-13,21H,3,8-11,14H2,1H3,(H,26,27,31);2,4-7,12-13,21H,3,8-11,14H2,1H3,(H,26,27,31);2,4-7,12-13,21H,3,8-11,14H2,1H3,(H,26,27,31). The van der Waals surface area contributed by atoms with Gasteiger partial charge in [0, 0.05) is 149 Å². The van der Waals surface area contributed by atoms with Crippen LogP contribution in [0, 0.1) is 0 Å². The summed E-state index contributed by atoms with van der Waals surface area (Å²) in [6.45, 7) is 5.54. The lowest BCUT2D eigenvalue weighted by molar-refractivity contribution is -0.126. The van der Waals surface area contributed by atoms with Crippen LogP contribution in [0.15, 0.2) is 170 Å². The Balaban J connectivity index is 0.000000153. The van der Waals surface area contributed by atoms with Crippen molar-refractivity contribution in [1.29, 1.82) is 0 Å². The highest BCUT2D eigenvalue weighted by molar-refractivity contribution is 7.98. The van der Waals surface area contributed by atoms with Gasteiger partial charge in [-0.05, 0) is 177 Å². The number of imidazole rings is 4. The van der Waals surface area contributed by atoms with Crippen molar-refractivity contribution in [3.8, 4) is 0 Å². The van der Waals surface area contributed by atoms with Crippen molar-refractivity contribution in [3.63, 3.8) is 0 Å². The molecule has 1 atom stereocenters. The summed E-state index contributed by atoms with van der Waals surface area (Å²) in [7, 11) is -4.17. The second-order valence-corrected chi connectivity index (χ2v) is 37.4. The molecule has 16 rings (SSSR count). The zero-order valence-electron chi connectivity index (χ0n) is 74.3. The van der Waals surface area contributed by atoms with Crippen LogP contribution in [0.1, 0.15) is 121 Å². The number of hydrogen-bond donors (Lipinski definition) is 4. The first-order valence-corrected chi connectivity index (χ1v) is 49.8. The molecule has 4 fully saturated rings. The molecule has 0 saturated carbocycles. The Morgan fingerprint density at radius 2 is 0.647 bits per heavy atom. The Kier molecular flexibility index (Phi) is 35.1. The largest absolute Gasteiger partial charge is 0.370 e. The number of aryl methyl sites for hydroxylation is 4. The van der Waals surface area contributed by atoms with Crippen LogP contribution in [0.2, 0.25) is 0 Å². The zero-order chi connectivity index (χ0) is 96.9. The summed E-state index contributed by atoms with van der Waals surface area (Å²) in [5.41, 5.74) is 7.48. The number of unbranched alkanes of at least 4 members (excludes halogenated alkanes) is 1. The van der Waals surface area contributed by atoms with E-state index in [4.69, 9.17) is 18.9 Å². The molecule has 8 heterocycles. The minimum absolute atomic E-state index is 0.0135. The number of fused-ring (bicyclic) bond motifs is 4. The number of hydrogen-bond acceptors (Lipinski definition) is 21.